The highest BCUT2D eigenvalue weighted by atomic mass is 79.9. The largest absolute Gasteiger partial charge is 0.488 e. The van der Waals surface area contributed by atoms with E-state index in [-0.39, 0.29) is 5.75 Å². The van der Waals surface area contributed by atoms with E-state index in [1.54, 1.807) is 0 Å². The lowest BCUT2D eigenvalue weighted by Gasteiger charge is -2.36. The van der Waals surface area contributed by atoms with E-state index in [4.69, 9.17) is 4.74 Å². The summed E-state index contributed by atoms with van der Waals surface area (Å²) in [7, 11) is 0. The molecule has 1 aromatic heterocycles. The molecule has 4 nitrogen and oxygen atoms in total. The maximum Gasteiger partial charge on any atom is 0.190 e. The molecule has 0 radical (unpaired) electrons. The first-order valence-corrected chi connectivity index (χ1v) is 10.2. The molecule has 1 N–H and O–H groups in total. The van der Waals surface area contributed by atoms with Gasteiger partial charge in [0.2, 0.25) is 0 Å². The third kappa shape index (κ3) is 4.15. The summed E-state index contributed by atoms with van der Waals surface area (Å²) in [6, 6.07) is 10.9. The Labute approximate surface area is 171 Å². The van der Waals surface area contributed by atoms with Crippen LogP contribution in [-0.2, 0) is 0 Å². The monoisotopic (exact) mass is 449 g/mol. The van der Waals surface area contributed by atoms with Crippen molar-refractivity contribution in [3.63, 3.8) is 0 Å². The Morgan fingerprint density at radius 3 is 2.54 bits per heavy atom. The summed E-state index contributed by atoms with van der Waals surface area (Å²) >= 11 is 3.07. The van der Waals surface area contributed by atoms with E-state index in [2.05, 4.69) is 55.0 Å². The molecule has 148 valence electrons. The number of benzene rings is 2. The number of anilines is 1. The van der Waals surface area contributed by atoms with Gasteiger partial charge in [-0.3, -0.25) is 4.90 Å². The number of piperazine rings is 1. The molecular formula is C21H22BrF2N3O. The molecule has 1 fully saturated rings. The predicted octanol–water partition coefficient (Wildman–Crippen LogP) is 4.80. The molecule has 28 heavy (non-hydrogen) atoms. The van der Waals surface area contributed by atoms with E-state index in [1.807, 2.05) is 6.20 Å². The zero-order valence-corrected chi connectivity index (χ0v) is 17.0. The lowest BCUT2D eigenvalue weighted by atomic mass is 10.1. The molecule has 0 bridgehead atoms. The van der Waals surface area contributed by atoms with E-state index in [0.29, 0.717) is 11.1 Å². The zero-order valence-electron chi connectivity index (χ0n) is 15.4. The first kappa shape index (κ1) is 19.2. The Morgan fingerprint density at radius 1 is 1.04 bits per heavy atom. The quantitative estimate of drug-likeness (QED) is 0.548. The van der Waals surface area contributed by atoms with Crippen LogP contribution < -0.4 is 9.64 Å². The molecule has 0 amide bonds. The number of ether oxygens (including phenoxy) is 1. The smallest absolute Gasteiger partial charge is 0.190 e. The van der Waals surface area contributed by atoms with Crippen molar-refractivity contribution in [3.05, 3.63) is 58.7 Å². The Kier molecular flexibility index (Phi) is 5.82. The van der Waals surface area contributed by atoms with Gasteiger partial charge in [0.15, 0.2) is 17.4 Å². The van der Waals surface area contributed by atoms with E-state index in [1.165, 1.54) is 23.2 Å². The molecule has 1 aliphatic heterocycles. The lowest BCUT2D eigenvalue weighted by molar-refractivity contribution is 0.217. The number of nitrogens with one attached hydrogen (secondary N) is 1. The summed E-state index contributed by atoms with van der Waals surface area (Å²) in [6.07, 6.45) is 2.70. The van der Waals surface area contributed by atoms with Gasteiger partial charge < -0.3 is 14.6 Å². The fraction of sp³-hybridized carbons (Fsp3) is 0.333. The van der Waals surface area contributed by atoms with Gasteiger partial charge in [-0.05, 0) is 36.8 Å². The van der Waals surface area contributed by atoms with Gasteiger partial charge in [-0.1, -0.05) is 22.0 Å². The second-order valence-electron chi connectivity index (χ2n) is 6.95. The fourth-order valence-electron chi connectivity index (χ4n) is 3.69. The minimum atomic E-state index is -0.681. The van der Waals surface area contributed by atoms with E-state index < -0.39 is 11.6 Å². The summed E-state index contributed by atoms with van der Waals surface area (Å²) in [6.45, 7) is 4.98. The highest BCUT2D eigenvalue weighted by Gasteiger charge is 2.19. The standard InChI is InChI=1S/C21H22BrF2N3O/c22-15-13-17(23)21(18(24)14-15)28-12-2-7-26-8-10-27(11-9-26)20-4-1-3-19-16(20)5-6-25-19/h1,3-6,13-14,25H,2,7-12H2. The van der Waals surface area contributed by atoms with Crippen LogP contribution in [0.5, 0.6) is 5.75 Å². The van der Waals surface area contributed by atoms with Crippen LogP contribution in [0.1, 0.15) is 6.42 Å². The summed E-state index contributed by atoms with van der Waals surface area (Å²) in [5, 5.41) is 1.25. The fourth-order valence-corrected chi connectivity index (χ4v) is 4.09. The van der Waals surface area contributed by atoms with Crippen molar-refractivity contribution in [2.24, 2.45) is 0 Å². The predicted molar refractivity (Wildman–Crippen MR) is 111 cm³/mol. The molecule has 2 heterocycles. The van der Waals surface area contributed by atoms with Gasteiger partial charge in [0, 0.05) is 60.0 Å². The van der Waals surface area contributed by atoms with Crippen LogP contribution in [-0.4, -0.2) is 49.2 Å². The SMILES string of the molecule is Fc1cc(Br)cc(F)c1OCCCN1CCN(c2cccc3[nH]ccc23)CC1. The average molecular weight is 450 g/mol. The van der Waals surface area contributed by atoms with Crippen molar-refractivity contribution in [1.29, 1.82) is 0 Å². The van der Waals surface area contributed by atoms with Crippen molar-refractivity contribution in [3.8, 4) is 5.75 Å². The molecule has 0 atom stereocenters. The van der Waals surface area contributed by atoms with Gasteiger partial charge in [-0.15, -0.1) is 0 Å². The van der Waals surface area contributed by atoms with Gasteiger partial charge in [-0.2, -0.15) is 0 Å². The molecule has 7 heteroatoms. The number of hydrogen-bond donors (Lipinski definition) is 1. The number of aromatic amines is 1. The highest BCUT2D eigenvalue weighted by molar-refractivity contribution is 9.10. The van der Waals surface area contributed by atoms with Crippen molar-refractivity contribution in [2.45, 2.75) is 6.42 Å². The molecule has 0 saturated carbocycles. The zero-order chi connectivity index (χ0) is 19.5. The van der Waals surface area contributed by atoms with E-state index in [0.717, 1.165) is 44.7 Å². The first-order valence-electron chi connectivity index (χ1n) is 9.42. The van der Waals surface area contributed by atoms with Crippen LogP contribution >= 0.6 is 15.9 Å². The molecule has 1 saturated heterocycles. The van der Waals surface area contributed by atoms with Crippen LogP contribution in [0.15, 0.2) is 47.1 Å². The number of nitrogens with zero attached hydrogens (tertiary/aromatic N) is 2. The summed E-state index contributed by atoms with van der Waals surface area (Å²) in [5.41, 5.74) is 2.42. The van der Waals surface area contributed by atoms with Gasteiger partial charge in [-0.25, -0.2) is 8.78 Å². The molecular weight excluding hydrogens is 428 g/mol. The van der Waals surface area contributed by atoms with Crippen LogP contribution in [0.4, 0.5) is 14.5 Å². The maximum atomic E-state index is 13.8. The normalized spacial score (nSPS) is 15.3. The average Bonchev–Trinajstić information content (AvgIpc) is 3.16. The second-order valence-corrected chi connectivity index (χ2v) is 7.86. The van der Waals surface area contributed by atoms with E-state index >= 15 is 0 Å². The number of halogens is 3. The topological polar surface area (TPSA) is 31.5 Å². The van der Waals surface area contributed by atoms with Crippen LogP contribution in [0.3, 0.4) is 0 Å². The maximum absolute atomic E-state index is 13.8. The van der Waals surface area contributed by atoms with Crippen molar-refractivity contribution >= 4 is 32.5 Å². The highest BCUT2D eigenvalue weighted by Crippen LogP contribution is 2.27. The Morgan fingerprint density at radius 2 is 1.79 bits per heavy atom. The van der Waals surface area contributed by atoms with Crippen molar-refractivity contribution in [2.75, 3.05) is 44.2 Å². The van der Waals surface area contributed by atoms with Gasteiger partial charge in [0.05, 0.1) is 6.61 Å². The number of aromatic nitrogens is 1. The number of fused-ring (bicyclic) bond motifs is 1. The first-order chi connectivity index (χ1) is 13.6. The number of rotatable bonds is 6. The van der Waals surface area contributed by atoms with Crippen LogP contribution in [0.2, 0.25) is 0 Å². The molecule has 0 spiro atoms. The Bertz CT molecular complexity index is 931. The number of H-pyrrole nitrogens is 1. The molecule has 4 rings (SSSR count). The minimum Gasteiger partial charge on any atom is -0.488 e. The van der Waals surface area contributed by atoms with E-state index in [9.17, 15) is 8.78 Å². The summed E-state index contributed by atoms with van der Waals surface area (Å²) in [5.74, 6) is -1.66. The van der Waals surface area contributed by atoms with Gasteiger partial charge in [0.1, 0.15) is 0 Å². The second kappa shape index (κ2) is 8.49. The van der Waals surface area contributed by atoms with Crippen LogP contribution in [0, 0.1) is 11.6 Å². The van der Waals surface area contributed by atoms with Crippen molar-refractivity contribution < 1.29 is 13.5 Å². The molecule has 0 aliphatic carbocycles. The van der Waals surface area contributed by atoms with Crippen LogP contribution in [0.25, 0.3) is 10.9 Å². The molecule has 1 aliphatic rings. The van der Waals surface area contributed by atoms with Crippen molar-refractivity contribution in [1.82, 2.24) is 9.88 Å². The molecule has 3 aromatic rings. The minimum absolute atomic E-state index is 0.290. The van der Waals surface area contributed by atoms with Gasteiger partial charge >= 0.3 is 0 Å². The Hall–Kier alpha value is -2.12. The lowest BCUT2D eigenvalue weighted by Crippen LogP contribution is -2.46. The third-order valence-corrected chi connectivity index (χ3v) is 5.57. The molecule has 2 aromatic carbocycles. The summed E-state index contributed by atoms with van der Waals surface area (Å²) < 4.78 is 33.2. The number of hydrogen-bond acceptors (Lipinski definition) is 3. The molecule has 0 unspecified atom stereocenters. The third-order valence-electron chi connectivity index (χ3n) is 5.11. The van der Waals surface area contributed by atoms with Gasteiger partial charge in [0.25, 0.3) is 0 Å². The Balaban J connectivity index is 1.25. The summed E-state index contributed by atoms with van der Waals surface area (Å²) in [4.78, 5) is 8.04.